The molecule has 0 N–H and O–H groups in total. The summed E-state index contributed by atoms with van der Waals surface area (Å²) in [5, 5.41) is 0.457. The molecule has 2 nitrogen and oxygen atoms in total. The normalized spacial score (nSPS) is 10.4. The van der Waals surface area contributed by atoms with E-state index in [9.17, 15) is 0 Å². The van der Waals surface area contributed by atoms with Gasteiger partial charge in [0, 0.05) is 11.1 Å². The van der Waals surface area contributed by atoms with Crippen LogP contribution in [-0.4, -0.2) is 9.97 Å². The lowest BCUT2D eigenvalue weighted by atomic mass is 10.4. The van der Waals surface area contributed by atoms with Crippen LogP contribution in [0.4, 0.5) is 0 Å². The van der Waals surface area contributed by atoms with E-state index in [1.54, 1.807) is 18.0 Å². The second-order valence-corrected chi connectivity index (χ2v) is 5.29. The Morgan fingerprint density at radius 3 is 2.69 bits per heavy atom. The minimum absolute atomic E-state index is 0.457. The summed E-state index contributed by atoms with van der Waals surface area (Å²) in [5.74, 6) is 1.46. The number of halogens is 2. The molecule has 0 fully saturated rings. The van der Waals surface area contributed by atoms with Gasteiger partial charge in [-0.2, -0.15) is 0 Å². The first-order chi connectivity index (χ1) is 7.75. The molecular formula is C11H8BrClN2S. The number of hydrogen-bond acceptors (Lipinski definition) is 3. The molecule has 0 saturated carbocycles. The average molecular weight is 316 g/mol. The summed E-state index contributed by atoms with van der Waals surface area (Å²) in [6, 6.07) is 10.1. The molecule has 0 atom stereocenters. The van der Waals surface area contributed by atoms with Crippen LogP contribution < -0.4 is 0 Å². The van der Waals surface area contributed by atoms with Gasteiger partial charge in [0.25, 0.3) is 0 Å². The van der Waals surface area contributed by atoms with Crippen LogP contribution in [0.5, 0.6) is 0 Å². The van der Waals surface area contributed by atoms with E-state index in [0.29, 0.717) is 5.15 Å². The summed E-state index contributed by atoms with van der Waals surface area (Å²) in [6.45, 7) is 0. The van der Waals surface area contributed by atoms with E-state index in [1.165, 1.54) is 4.90 Å². The van der Waals surface area contributed by atoms with Gasteiger partial charge in [0.15, 0.2) is 0 Å². The molecule has 16 heavy (non-hydrogen) atoms. The number of rotatable bonds is 3. The second kappa shape index (κ2) is 5.66. The number of hydrogen-bond donors (Lipinski definition) is 0. The van der Waals surface area contributed by atoms with Gasteiger partial charge in [0.1, 0.15) is 11.0 Å². The predicted molar refractivity (Wildman–Crippen MR) is 70.7 cm³/mol. The van der Waals surface area contributed by atoms with Crippen LogP contribution in [-0.2, 0) is 5.75 Å². The van der Waals surface area contributed by atoms with Gasteiger partial charge in [-0.3, -0.25) is 0 Å². The zero-order valence-corrected chi connectivity index (χ0v) is 11.4. The van der Waals surface area contributed by atoms with Crippen molar-refractivity contribution in [2.75, 3.05) is 0 Å². The zero-order chi connectivity index (χ0) is 11.4. The molecule has 0 aliphatic carbocycles. The Morgan fingerprint density at radius 2 is 2.00 bits per heavy atom. The van der Waals surface area contributed by atoms with E-state index in [4.69, 9.17) is 11.6 Å². The van der Waals surface area contributed by atoms with Gasteiger partial charge < -0.3 is 0 Å². The lowest BCUT2D eigenvalue weighted by Crippen LogP contribution is -1.92. The minimum atomic E-state index is 0.457. The SMILES string of the molecule is Clc1nc(CSc2ccccc2)ncc1Br. The fourth-order valence-corrected chi connectivity index (χ4v) is 2.24. The maximum Gasteiger partial charge on any atom is 0.146 e. The number of nitrogens with zero attached hydrogens (tertiary/aromatic N) is 2. The first-order valence-corrected chi connectivity index (χ1v) is 6.76. The minimum Gasteiger partial charge on any atom is -0.239 e. The first kappa shape index (κ1) is 11.9. The van der Waals surface area contributed by atoms with Gasteiger partial charge in [-0.1, -0.05) is 29.8 Å². The molecule has 5 heteroatoms. The van der Waals surface area contributed by atoms with Crippen LogP contribution in [0.3, 0.4) is 0 Å². The van der Waals surface area contributed by atoms with Gasteiger partial charge in [-0.05, 0) is 28.1 Å². The molecule has 0 saturated heterocycles. The first-order valence-electron chi connectivity index (χ1n) is 4.60. The highest BCUT2D eigenvalue weighted by molar-refractivity contribution is 9.10. The van der Waals surface area contributed by atoms with E-state index >= 15 is 0 Å². The summed E-state index contributed by atoms with van der Waals surface area (Å²) < 4.78 is 0.725. The second-order valence-electron chi connectivity index (χ2n) is 3.03. The number of benzene rings is 1. The maximum absolute atomic E-state index is 5.89. The molecule has 2 rings (SSSR count). The quantitative estimate of drug-likeness (QED) is 0.627. The monoisotopic (exact) mass is 314 g/mol. The molecule has 0 bridgehead atoms. The molecule has 0 aliphatic heterocycles. The van der Waals surface area contributed by atoms with E-state index in [-0.39, 0.29) is 0 Å². The summed E-state index contributed by atoms with van der Waals surface area (Å²) in [6.07, 6.45) is 1.68. The summed E-state index contributed by atoms with van der Waals surface area (Å²) in [4.78, 5) is 9.56. The van der Waals surface area contributed by atoms with Crippen molar-refractivity contribution in [3.05, 3.63) is 52.0 Å². The van der Waals surface area contributed by atoms with Crippen molar-refractivity contribution in [1.29, 1.82) is 0 Å². The third kappa shape index (κ3) is 3.20. The largest absolute Gasteiger partial charge is 0.239 e. The van der Waals surface area contributed by atoms with E-state index < -0.39 is 0 Å². The highest BCUT2D eigenvalue weighted by Gasteiger charge is 2.03. The van der Waals surface area contributed by atoms with E-state index in [0.717, 1.165) is 16.0 Å². The van der Waals surface area contributed by atoms with Gasteiger partial charge in [-0.15, -0.1) is 11.8 Å². The van der Waals surface area contributed by atoms with Gasteiger partial charge in [0.2, 0.25) is 0 Å². The molecule has 1 heterocycles. The van der Waals surface area contributed by atoms with Crippen molar-refractivity contribution in [1.82, 2.24) is 9.97 Å². The molecule has 0 aliphatic rings. The van der Waals surface area contributed by atoms with Gasteiger partial charge in [-0.25, -0.2) is 9.97 Å². The molecule has 0 spiro atoms. The molecule has 0 radical (unpaired) electrons. The van der Waals surface area contributed by atoms with Crippen molar-refractivity contribution < 1.29 is 0 Å². The zero-order valence-electron chi connectivity index (χ0n) is 8.23. The highest BCUT2D eigenvalue weighted by Crippen LogP contribution is 2.23. The fraction of sp³-hybridized carbons (Fsp3) is 0.0909. The predicted octanol–water partition coefficient (Wildman–Crippen LogP) is 4.18. The Kier molecular flexibility index (Phi) is 4.21. The topological polar surface area (TPSA) is 25.8 Å². The Hall–Kier alpha value is -0.580. The van der Waals surface area contributed by atoms with Crippen LogP contribution in [0, 0.1) is 0 Å². The van der Waals surface area contributed by atoms with Crippen molar-refractivity contribution in [2.24, 2.45) is 0 Å². The van der Waals surface area contributed by atoms with E-state index in [1.807, 2.05) is 18.2 Å². The number of aromatic nitrogens is 2. The standard InChI is InChI=1S/C11H8BrClN2S/c12-9-6-14-10(15-11(9)13)7-16-8-4-2-1-3-5-8/h1-6H,7H2. The Labute approximate surface area is 112 Å². The van der Waals surface area contributed by atoms with Gasteiger partial charge in [0.05, 0.1) is 10.2 Å². The van der Waals surface area contributed by atoms with E-state index in [2.05, 4.69) is 38.0 Å². The summed E-state index contributed by atoms with van der Waals surface area (Å²) in [7, 11) is 0. The fourth-order valence-electron chi connectivity index (χ4n) is 1.11. The van der Waals surface area contributed by atoms with Crippen LogP contribution in [0.15, 0.2) is 45.9 Å². The van der Waals surface area contributed by atoms with Crippen molar-refractivity contribution >= 4 is 39.3 Å². The Morgan fingerprint density at radius 1 is 1.25 bits per heavy atom. The van der Waals surface area contributed by atoms with Crippen LogP contribution >= 0.6 is 39.3 Å². The molecule has 2 aromatic rings. The molecule has 1 aromatic carbocycles. The lowest BCUT2D eigenvalue weighted by Gasteiger charge is -2.01. The summed E-state index contributed by atoms with van der Waals surface area (Å²) in [5.41, 5.74) is 0. The van der Waals surface area contributed by atoms with Crippen molar-refractivity contribution in [2.45, 2.75) is 10.6 Å². The Bertz CT molecular complexity index is 479. The highest BCUT2D eigenvalue weighted by atomic mass is 79.9. The average Bonchev–Trinajstić information content (AvgIpc) is 2.32. The smallest absolute Gasteiger partial charge is 0.146 e. The third-order valence-corrected chi connectivity index (χ3v) is 3.97. The van der Waals surface area contributed by atoms with Crippen LogP contribution in [0.2, 0.25) is 5.15 Å². The van der Waals surface area contributed by atoms with Crippen LogP contribution in [0.25, 0.3) is 0 Å². The van der Waals surface area contributed by atoms with Crippen molar-refractivity contribution in [3.63, 3.8) is 0 Å². The molecule has 0 unspecified atom stereocenters. The van der Waals surface area contributed by atoms with Crippen LogP contribution in [0.1, 0.15) is 5.82 Å². The van der Waals surface area contributed by atoms with Crippen molar-refractivity contribution in [3.8, 4) is 0 Å². The molecular weight excluding hydrogens is 308 g/mol. The van der Waals surface area contributed by atoms with Gasteiger partial charge >= 0.3 is 0 Å². The molecule has 1 aromatic heterocycles. The summed E-state index contributed by atoms with van der Waals surface area (Å²) >= 11 is 10.8. The number of thioether (sulfide) groups is 1. The Balaban J connectivity index is 2.03. The molecule has 0 amide bonds. The third-order valence-electron chi connectivity index (χ3n) is 1.86. The maximum atomic E-state index is 5.89. The molecule has 82 valence electrons. The lowest BCUT2D eigenvalue weighted by molar-refractivity contribution is 1.02.